The fourth-order valence-electron chi connectivity index (χ4n) is 2.15. The second-order valence-electron chi connectivity index (χ2n) is 4.96. The summed E-state index contributed by atoms with van der Waals surface area (Å²) in [6.07, 6.45) is 0. The second-order valence-corrected chi connectivity index (χ2v) is 5.81. The van der Waals surface area contributed by atoms with Gasteiger partial charge in [-0.15, -0.1) is 0 Å². The Morgan fingerprint density at radius 2 is 1.65 bits per heavy atom. The van der Waals surface area contributed by atoms with E-state index in [1.54, 1.807) is 36.4 Å². The zero-order chi connectivity index (χ0) is 17.0. The van der Waals surface area contributed by atoms with E-state index in [1.807, 2.05) is 6.92 Å². The van der Waals surface area contributed by atoms with Gasteiger partial charge in [-0.05, 0) is 36.8 Å². The van der Waals surface area contributed by atoms with Crippen LogP contribution in [0, 0.1) is 0 Å². The lowest BCUT2D eigenvalue weighted by Crippen LogP contribution is -2.26. The molecule has 4 nitrogen and oxygen atoms in total. The molecule has 0 aromatic heterocycles. The maximum absolute atomic E-state index is 12.5. The molecule has 2 aromatic carbocycles. The topological polar surface area (TPSA) is 47.6 Å². The van der Waals surface area contributed by atoms with Crippen LogP contribution >= 0.6 is 23.2 Å². The Labute approximate surface area is 145 Å². The molecular formula is C17H17Cl2NO3. The Hall–Kier alpha value is -1.91. The number of amides is 1. The molecule has 0 unspecified atom stereocenters. The van der Waals surface area contributed by atoms with Crippen molar-refractivity contribution in [3.63, 3.8) is 0 Å². The van der Waals surface area contributed by atoms with E-state index in [9.17, 15) is 4.79 Å². The van der Waals surface area contributed by atoms with Gasteiger partial charge in [0.25, 0.3) is 5.91 Å². The van der Waals surface area contributed by atoms with Crippen molar-refractivity contribution in [3.05, 3.63) is 57.6 Å². The standard InChI is InChI=1S/C17H17Cl2NO3/c1-10(15-5-4-12(18)8-16(15)19)20-17(21)11-6-13(22-2)9-14(7-11)23-3/h4-10H,1-3H3,(H,20,21)/t10-/m1/s1. The van der Waals surface area contributed by atoms with Crippen molar-refractivity contribution in [2.24, 2.45) is 0 Å². The fraction of sp³-hybridized carbons (Fsp3) is 0.235. The molecule has 2 aromatic rings. The first-order valence-electron chi connectivity index (χ1n) is 6.93. The Morgan fingerprint density at radius 1 is 1.04 bits per heavy atom. The molecule has 0 saturated heterocycles. The van der Waals surface area contributed by atoms with Gasteiger partial charge in [0, 0.05) is 21.7 Å². The third-order valence-electron chi connectivity index (χ3n) is 3.39. The van der Waals surface area contributed by atoms with Gasteiger partial charge in [0.1, 0.15) is 11.5 Å². The number of hydrogen-bond acceptors (Lipinski definition) is 3. The van der Waals surface area contributed by atoms with Crippen molar-refractivity contribution in [1.82, 2.24) is 5.32 Å². The van der Waals surface area contributed by atoms with Gasteiger partial charge in [0.2, 0.25) is 0 Å². The normalized spacial score (nSPS) is 11.7. The predicted molar refractivity (Wildman–Crippen MR) is 91.9 cm³/mol. The average Bonchev–Trinajstić information content (AvgIpc) is 2.53. The molecule has 0 aliphatic heterocycles. The van der Waals surface area contributed by atoms with Crippen molar-refractivity contribution in [1.29, 1.82) is 0 Å². The minimum atomic E-state index is -0.274. The maximum Gasteiger partial charge on any atom is 0.252 e. The van der Waals surface area contributed by atoms with Crippen LogP contribution in [-0.2, 0) is 0 Å². The summed E-state index contributed by atoms with van der Waals surface area (Å²) in [4.78, 5) is 12.5. The van der Waals surface area contributed by atoms with Gasteiger partial charge in [-0.1, -0.05) is 29.3 Å². The first kappa shape index (κ1) is 17.4. The summed E-state index contributed by atoms with van der Waals surface area (Å²) in [5.74, 6) is 0.846. The van der Waals surface area contributed by atoms with Crippen LogP contribution in [0.3, 0.4) is 0 Å². The van der Waals surface area contributed by atoms with Gasteiger partial charge in [-0.25, -0.2) is 0 Å². The molecule has 122 valence electrons. The smallest absolute Gasteiger partial charge is 0.252 e. The van der Waals surface area contributed by atoms with Crippen LogP contribution < -0.4 is 14.8 Å². The molecule has 0 fully saturated rings. The molecule has 0 bridgehead atoms. The van der Waals surface area contributed by atoms with Gasteiger partial charge in [-0.3, -0.25) is 4.79 Å². The van der Waals surface area contributed by atoms with Crippen molar-refractivity contribution in [3.8, 4) is 11.5 Å². The lowest BCUT2D eigenvalue weighted by Gasteiger charge is -2.16. The van der Waals surface area contributed by atoms with Crippen LogP contribution in [0.4, 0.5) is 0 Å². The molecule has 2 rings (SSSR count). The Morgan fingerprint density at radius 3 is 2.17 bits per heavy atom. The lowest BCUT2D eigenvalue weighted by atomic mass is 10.1. The summed E-state index contributed by atoms with van der Waals surface area (Å²) in [5.41, 5.74) is 1.23. The average molecular weight is 354 g/mol. The first-order chi connectivity index (χ1) is 10.9. The minimum Gasteiger partial charge on any atom is -0.497 e. The molecule has 0 radical (unpaired) electrons. The van der Waals surface area contributed by atoms with E-state index in [1.165, 1.54) is 14.2 Å². The first-order valence-corrected chi connectivity index (χ1v) is 7.69. The van der Waals surface area contributed by atoms with Gasteiger partial charge in [0.05, 0.1) is 20.3 Å². The zero-order valence-corrected chi connectivity index (χ0v) is 14.5. The highest BCUT2D eigenvalue weighted by atomic mass is 35.5. The molecular weight excluding hydrogens is 337 g/mol. The van der Waals surface area contributed by atoms with Crippen LogP contribution in [0.5, 0.6) is 11.5 Å². The van der Waals surface area contributed by atoms with Crippen molar-refractivity contribution < 1.29 is 14.3 Å². The minimum absolute atomic E-state index is 0.249. The zero-order valence-electron chi connectivity index (χ0n) is 13.0. The van der Waals surface area contributed by atoms with E-state index >= 15 is 0 Å². The quantitative estimate of drug-likeness (QED) is 0.860. The third-order valence-corrected chi connectivity index (χ3v) is 3.95. The van der Waals surface area contributed by atoms with Crippen molar-refractivity contribution in [2.45, 2.75) is 13.0 Å². The third kappa shape index (κ3) is 4.30. The van der Waals surface area contributed by atoms with Crippen LogP contribution in [0.2, 0.25) is 10.0 Å². The summed E-state index contributed by atoms with van der Waals surface area (Å²) in [7, 11) is 3.07. The highest BCUT2D eigenvalue weighted by Crippen LogP contribution is 2.27. The predicted octanol–water partition coefficient (Wildman–Crippen LogP) is 4.50. The van der Waals surface area contributed by atoms with E-state index in [-0.39, 0.29) is 11.9 Å². The molecule has 0 aliphatic rings. The maximum atomic E-state index is 12.5. The SMILES string of the molecule is COc1cc(OC)cc(C(=O)N[C@H](C)c2ccc(Cl)cc2Cl)c1. The molecule has 0 heterocycles. The number of carbonyl (C=O) groups excluding carboxylic acids is 1. The Kier molecular flexibility index (Phi) is 5.74. The summed E-state index contributed by atoms with van der Waals surface area (Å²) >= 11 is 12.1. The fourth-order valence-corrected chi connectivity index (χ4v) is 2.72. The van der Waals surface area contributed by atoms with Crippen LogP contribution in [0.25, 0.3) is 0 Å². The van der Waals surface area contributed by atoms with E-state index < -0.39 is 0 Å². The highest BCUT2D eigenvalue weighted by Gasteiger charge is 2.16. The summed E-state index contributed by atoms with van der Waals surface area (Å²) in [6, 6.07) is 9.90. The summed E-state index contributed by atoms with van der Waals surface area (Å²) < 4.78 is 10.3. The van der Waals surface area contributed by atoms with Gasteiger partial charge >= 0.3 is 0 Å². The van der Waals surface area contributed by atoms with Crippen molar-refractivity contribution >= 4 is 29.1 Å². The molecule has 6 heteroatoms. The van der Waals surface area contributed by atoms with Gasteiger partial charge in [-0.2, -0.15) is 0 Å². The van der Waals surface area contributed by atoms with Gasteiger partial charge in [0.15, 0.2) is 0 Å². The monoisotopic (exact) mass is 353 g/mol. The number of benzene rings is 2. The summed E-state index contributed by atoms with van der Waals surface area (Å²) in [6.45, 7) is 1.85. The molecule has 1 amide bonds. The van der Waals surface area contributed by atoms with Crippen LogP contribution in [0.15, 0.2) is 36.4 Å². The number of carbonyl (C=O) groups is 1. The number of nitrogens with one attached hydrogen (secondary N) is 1. The van der Waals surface area contributed by atoms with E-state index in [0.29, 0.717) is 27.1 Å². The number of halogens is 2. The lowest BCUT2D eigenvalue weighted by molar-refractivity contribution is 0.0939. The second kappa shape index (κ2) is 7.57. The Bertz CT molecular complexity index is 697. The number of rotatable bonds is 5. The highest BCUT2D eigenvalue weighted by molar-refractivity contribution is 6.35. The molecule has 0 spiro atoms. The molecule has 1 atom stereocenters. The van der Waals surface area contributed by atoms with Gasteiger partial charge < -0.3 is 14.8 Å². The van der Waals surface area contributed by atoms with Crippen LogP contribution in [0.1, 0.15) is 28.9 Å². The molecule has 1 N–H and O–H groups in total. The van der Waals surface area contributed by atoms with E-state index in [2.05, 4.69) is 5.32 Å². The number of ether oxygens (including phenoxy) is 2. The molecule has 0 saturated carbocycles. The molecule has 23 heavy (non-hydrogen) atoms. The van der Waals surface area contributed by atoms with Crippen molar-refractivity contribution in [2.75, 3.05) is 14.2 Å². The summed E-state index contributed by atoms with van der Waals surface area (Å²) in [5, 5.41) is 3.96. The van der Waals surface area contributed by atoms with E-state index in [0.717, 1.165) is 5.56 Å². The van der Waals surface area contributed by atoms with Crippen LogP contribution in [-0.4, -0.2) is 20.1 Å². The number of methoxy groups -OCH3 is 2. The Balaban J connectivity index is 2.21. The number of hydrogen-bond donors (Lipinski definition) is 1. The van der Waals surface area contributed by atoms with E-state index in [4.69, 9.17) is 32.7 Å². The largest absolute Gasteiger partial charge is 0.497 e. The molecule has 0 aliphatic carbocycles.